The Morgan fingerprint density at radius 3 is 2.43 bits per heavy atom. The van der Waals surface area contributed by atoms with Crippen LogP contribution in [0.3, 0.4) is 0 Å². The van der Waals surface area contributed by atoms with E-state index in [2.05, 4.69) is 11.9 Å². The van der Waals surface area contributed by atoms with Gasteiger partial charge in [-0.3, -0.25) is 0 Å². The number of pyridine rings is 1. The molecule has 0 aliphatic carbocycles. The van der Waals surface area contributed by atoms with Crippen molar-refractivity contribution >= 4 is 11.9 Å². The molecule has 116 valence electrons. The first-order chi connectivity index (χ1) is 9.70. The zero-order chi connectivity index (χ0) is 15.7. The fraction of sp³-hybridized carbons (Fsp3) is 0.625. The number of hydrogen-bond acceptors (Lipinski definition) is 4. The third kappa shape index (κ3) is 3.86. The maximum Gasteiger partial charge on any atom is 0.410 e. The summed E-state index contributed by atoms with van der Waals surface area (Å²) in [6, 6.07) is 3.87. The van der Waals surface area contributed by atoms with Crippen LogP contribution in [0.4, 0.5) is 10.6 Å². The van der Waals surface area contributed by atoms with Crippen molar-refractivity contribution in [3.63, 3.8) is 0 Å². The highest BCUT2D eigenvalue weighted by atomic mass is 16.6. The first-order valence-corrected chi connectivity index (χ1v) is 7.40. The Morgan fingerprint density at radius 1 is 1.33 bits per heavy atom. The number of nitrogen functional groups attached to an aromatic ring is 1. The van der Waals surface area contributed by atoms with E-state index in [0.717, 1.165) is 12.8 Å². The van der Waals surface area contributed by atoms with E-state index in [1.807, 2.05) is 39.1 Å². The van der Waals surface area contributed by atoms with Gasteiger partial charge in [-0.15, -0.1) is 0 Å². The number of rotatable bonds is 1. The van der Waals surface area contributed by atoms with Crippen LogP contribution in [0.2, 0.25) is 0 Å². The number of anilines is 1. The molecule has 0 atom stereocenters. The Bertz CT molecular complexity index is 497. The average molecular weight is 291 g/mol. The molecular formula is C16H25N3O2. The lowest BCUT2D eigenvalue weighted by molar-refractivity contribution is 0.0172. The minimum Gasteiger partial charge on any atom is -0.444 e. The van der Waals surface area contributed by atoms with Crippen LogP contribution in [0.25, 0.3) is 0 Å². The van der Waals surface area contributed by atoms with E-state index in [-0.39, 0.29) is 11.5 Å². The van der Waals surface area contributed by atoms with Crippen LogP contribution in [0.15, 0.2) is 18.3 Å². The van der Waals surface area contributed by atoms with Crippen molar-refractivity contribution in [1.82, 2.24) is 9.88 Å². The van der Waals surface area contributed by atoms with E-state index in [1.54, 1.807) is 4.90 Å². The molecular weight excluding hydrogens is 266 g/mol. The molecule has 21 heavy (non-hydrogen) atoms. The normalized spacial score (nSPS) is 18.4. The molecule has 0 saturated carbocycles. The van der Waals surface area contributed by atoms with Gasteiger partial charge in [0, 0.05) is 19.3 Å². The number of nitrogens with zero attached hydrogens (tertiary/aromatic N) is 2. The first-order valence-electron chi connectivity index (χ1n) is 7.40. The van der Waals surface area contributed by atoms with E-state index in [1.165, 1.54) is 5.56 Å². The van der Waals surface area contributed by atoms with E-state index >= 15 is 0 Å². The molecule has 2 rings (SSSR count). The average Bonchev–Trinajstić information content (AvgIpc) is 2.38. The predicted molar refractivity (Wildman–Crippen MR) is 83.0 cm³/mol. The van der Waals surface area contributed by atoms with E-state index < -0.39 is 5.60 Å². The third-order valence-corrected chi connectivity index (χ3v) is 4.00. The van der Waals surface area contributed by atoms with Crippen molar-refractivity contribution in [3.8, 4) is 0 Å². The summed E-state index contributed by atoms with van der Waals surface area (Å²) >= 11 is 0. The Kier molecular flexibility index (Phi) is 4.12. The second-order valence-electron chi connectivity index (χ2n) is 7.00. The van der Waals surface area contributed by atoms with Gasteiger partial charge in [-0.1, -0.05) is 13.0 Å². The number of amides is 1. The number of piperidine rings is 1. The van der Waals surface area contributed by atoms with Crippen LogP contribution in [0.1, 0.15) is 46.1 Å². The number of carbonyl (C=O) groups is 1. The van der Waals surface area contributed by atoms with Crippen LogP contribution in [-0.4, -0.2) is 34.7 Å². The quantitative estimate of drug-likeness (QED) is 0.863. The molecule has 1 aromatic heterocycles. The summed E-state index contributed by atoms with van der Waals surface area (Å²) in [4.78, 5) is 18.0. The molecule has 0 spiro atoms. The molecule has 5 nitrogen and oxygen atoms in total. The molecule has 1 amide bonds. The zero-order valence-electron chi connectivity index (χ0n) is 13.3. The summed E-state index contributed by atoms with van der Waals surface area (Å²) in [6.45, 7) is 9.29. The van der Waals surface area contributed by atoms with Crippen LogP contribution in [0, 0.1) is 0 Å². The van der Waals surface area contributed by atoms with Crippen LogP contribution in [0.5, 0.6) is 0 Å². The topological polar surface area (TPSA) is 68.5 Å². The Morgan fingerprint density at radius 2 is 1.95 bits per heavy atom. The minimum atomic E-state index is -0.446. The summed E-state index contributed by atoms with van der Waals surface area (Å²) in [6.07, 6.45) is 3.42. The molecule has 2 N–H and O–H groups in total. The molecule has 0 bridgehead atoms. The SMILES string of the molecule is CC(C)(C)OC(=O)N1CCC(C)(c2ccc(N)nc2)CC1. The smallest absolute Gasteiger partial charge is 0.410 e. The van der Waals surface area contributed by atoms with Crippen molar-refractivity contribution in [2.24, 2.45) is 0 Å². The number of hydrogen-bond donors (Lipinski definition) is 1. The number of carbonyl (C=O) groups excluding carboxylic acids is 1. The molecule has 2 heterocycles. The van der Waals surface area contributed by atoms with Crippen molar-refractivity contribution in [2.75, 3.05) is 18.8 Å². The first kappa shape index (κ1) is 15.6. The summed E-state index contributed by atoms with van der Waals surface area (Å²) in [5.41, 5.74) is 6.42. The highest BCUT2D eigenvalue weighted by Crippen LogP contribution is 2.35. The van der Waals surface area contributed by atoms with Crippen LogP contribution >= 0.6 is 0 Å². The van der Waals surface area contributed by atoms with E-state index in [9.17, 15) is 4.79 Å². The van der Waals surface area contributed by atoms with Gasteiger partial charge in [-0.2, -0.15) is 0 Å². The van der Waals surface area contributed by atoms with Crippen molar-refractivity contribution < 1.29 is 9.53 Å². The Labute approximate surface area is 126 Å². The van der Waals surface area contributed by atoms with Crippen molar-refractivity contribution in [1.29, 1.82) is 0 Å². The summed E-state index contributed by atoms with van der Waals surface area (Å²) in [5, 5.41) is 0. The van der Waals surface area contributed by atoms with Gasteiger partial charge >= 0.3 is 6.09 Å². The zero-order valence-corrected chi connectivity index (χ0v) is 13.3. The molecule has 0 unspecified atom stereocenters. The summed E-state index contributed by atoms with van der Waals surface area (Å²) in [7, 11) is 0. The number of aromatic nitrogens is 1. The lowest BCUT2D eigenvalue weighted by Crippen LogP contribution is -2.45. The highest BCUT2D eigenvalue weighted by Gasteiger charge is 2.34. The van der Waals surface area contributed by atoms with Gasteiger partial charge in [0.2, 0.25) is 0 Å². The maximum absolute atomic E-state index is 12.1. The molecule has 1 aliphatic heterocycles. The van der Waals surface area contributed by atoms with Gasteiger partial charge < -0.3 is 15.4 Å². The molecule has 1 saturated heterocycles. The fourth-order valence-corrected chi connectivity index (χ4v) is 2.56. The maximum atomic E-state index is 12.1. The molecule has 1 fully saturated rings. The lowest BCUT2D eigenvalue weighted by atomic mass is 9.75. The van der Waals surface area contributed by atoms with Gasteiger partial charge in [0.1, 0.15) is 11.4 Å². The van der Waals surface area contributed by atoms with Gasteiger partial charge in [0.15, 0.2) is 0 Å². The van der Waals surface area contributed by atoms with Crippen molar-refractivity contribution in [2.45, 2.75) is 51.6 Å². The highest BCUT2D eigenvalue weighted by molar-refractivity contribution is 5.68. The monoisotopic (exact) mass is 291 g/mol. The predicted octanol–water partition coefficient (Wildman–Crippen LogP) is 2.95. The van der Waals surface area contributed by atoms with Crippen LogP contribution in [-0.2, 0) is 10.2 Å². The van der Waals surface area contributed by atoms with Gasteiger partial charge in [0.25, 0.3) is 0 Å². The van der Waals surface area contributed by atoms with Crippen molar-refractivity contribution in [3.05, 3.63) is 23.9 Å². The van der Waals surface area contributed by atoms with E-state index in [4.69, 9.17) is 10.5 Å². The second kappa shape index (κ2) is 5.54. The number of nitrogens with two attached hydrogens (primary N) is 1. The Balaban J connectivity index is 1.99. The lowest BCUT2D eigenvalue weighted by Gasteiger charge is -2.39. The fourth-order valence-electron chi connectivity index (χ4n) is 2.56. The van der Waals surface area contributed by atoms with Gasteiger partial charge in [0.05, 0.1) is 0 Å². The van der Waals surface area contributed by atoms with Gasteiger partial charge in [-0.05, 0) is 50.7 Å². The second-order valence-corrected chi connectivity index (χ2v) is 7.00. The van der Waals surface area contributed by atoms with Crippen LogP contribution < -0.4 is 5.73 Å². The molecule has 1 aliphatic rings. The minimum absolute atomic E-state index is 0.0409. The largest absolute Gasteiger partial charge is 0.444 e. The number of ether oxygens (including phenoxy) is 1. The van der Waals surface area contributed by atoms with Gasteiger partial charge in [-0.25, -0.2) is 9.78 Å². The third-order valence-electron chi connectivity index (χ3n) is 4.00. The summed E-state index contributed by atoms with van der Waals surface area (Å²) in [5.74, 6) is 0.536. The molecule has 0 radical (unpaired) electrons. The molecule has 0 aromatic carbocycles. The standard InChI is InChI=1S/C16H25N3O2/c1-15(2,3)21-14(20)19-9-7-16(4,8-10-19)12-5-6-13(17)18-11-12/h5-6,11H,7-10H2,1-4H3,(H2,17,18). The van der Waals surface area contributed by atoms with E-state index in [0.29, 0.717) is 18.9 Å². The summed E-state index contributed by atoms with van der Waals surface area (Å²) < 4.78 is 5.42. The number of likely N-dealkylation sites (tertiary alicyclic amines) is 1. The Hall–Kier alpha value is -1.78. The molecule has 5 heteroatoms. The molecule has 1 aromatic rings.